The number of hydrogen-bond donors (Lipinski definition) is 2. The summed E-state index contributed by atoms with van der Waals surface area (Å²) in [4.78, 5) is 4.39. The summed E-state index contributed by atoms with van der Waals surface area (Å²) in [5, 5.41) is 13.8. The second kappa shape index (κ2) is 5.78. The van der Waals surface area contributed by atoms with Crippen molar-refractivity contribution in [1.82, 2.24) is 9.36 Å². The minimum absolute atomic E-state index is 0.0658. The maximum Gasteiger partial charge on any atom is 0.202 e. The fraction of sp³-hybridized carbons (Fsp3) is 0.833. The molecule has 1 aromatic rings. The minimum atomic E-state index is 0.0658. The molecule has 1 aliphatic carbocycles. The summed E-state index contributed by atoms with van der Waals surface area (Å²) in [5.74, 6) is 0.902. The first-order valence-corrected chi connectivity index (χ1v) is 7.23. The number of rotatable bonds is 5. The second-order valence-electron chi connectivity index (χ2n) is 4.94. The largest absolute Gasteiger partial charge is 0.396 e. The van der Waals surface area contributed by atoms with Gasteiger partial charge in [-0.25, -0.2) is 4.98 Å². The first-order valence-electron chi connectivity index (χ1n) is 6.45. The van der Waals surface area contributed by atoms with E-state index in [2.05, 4.69) is 21.6 Å². The molecule has 2 rings (SSSR count). The van der Waals surface area contributed by atoms with Gasteiger partial charge in [0.1, 0.15) is 5.82 Å². The smallest absolute Gasteiger partial charge is 0.202 e. The van der Waals surface area contributed by atoms with Crippen molar-refractivity contribution in [3.8, 4) is 0 Å². The molecule has 17 heavy (non-hydrogen) atoms. The van der Waals surface area contributed by atoms with Crippen LogP contribution in [0, 0.1) is 5.41 Å². The normalized spacial score (nSPS) is 19.2. The Balaban J connectivity index is 1.90. The SMILES string of the molecule is CCc1nsc(NCC2(CO)CCCCC2)n1. The minimum Gasteiger partial charge on any atom is -0.396 e. The Kier molecular flexibility index (Phi) is 4.34. The zero-order valence-electron chi connectivity index (χ0n) is 10.4. The third-order valence-corrected chi connectivity index (χ3v) is 4.36. The van der Waals surface area contributed by atoms with Crippen LogP contribution in [0.1, 0.15) is 44.9 Å². The molecule has 0 atom stereocenters. The van der Waals surface area contributed by atoms with E-state index in [1.807, 2.05) is 0 Å². The standard InChI is InChI=1S/C12H21N3OS/c1-2-10-14-11(17-15-10)13-8-12(9-16)6-4-3-5-7-12/h16H,2-9H2,1H3,(H,13,14,15). The molecule has 1 fully saturated rings. The molecule has 2 N–H and O–H groups in total. The molecule has 5 heteroatoms. The van der Waals surface area contributed by atoms with E-state index in [1.54, 1.807) is 0 Å². The lowest BCUT2D eigenvalue weighted by Crippen LogP contribution is -2.35. The van der Waals surface area contributed by atoms with Crippen molar-refractivity contribution in [3.05, 3.63) is 5.82 Å². The average Bonchev–Trinajstić information content (AvgIpc) is 2.85. The van der Waals surface area contributed by atoms with Crippen LogP contribution in [0.15, 0.2) is 0 Å². The maximum absolute atomic E-state index is 9.60. The predicted molar refractivity (Wildman–Crippen MR) is 70.4 cm³/mol. The molecular formula is C12H21N3OS. The fourth-order valence-electron chi connectivity index (χ4n) is 2.43. The topological polar surface area (TPSA) is 58.0 Å². The maximum atomic E-state index is 9.60. The molecule has 4 nitrogen and oxygen atoms in total. The number of aliphatic hydroxyl groups is 1. The number of anilines is 1. The van der Waals surface area contributed by atoms with E-state index in [1.165, 1.54) is 30.8 Å². The molecule has 0 bridgehead atoms. The molecule has 1 aromatic heterocycles. The first-order chi connectivity index (χ1) is 8.28. The summed E-state index contributed by atoms with van der Waals surface area (Å²) in [5.41, 5.74) is 0.0658. The van der Waals surface area contributed by atoms with Crippen molar-refractivity contribution >= 4 is 16.7 Å². The van der Waals surface area contributed by atoms with Crippen molar-refractivity contribution in [2.45, 2.75) is 45.4 Å². The van der Waals surface area contributed by atoms with Gasteiger partial charge < -0.3 is 10.4 Å². The lowest BCUT2D eigenvalue weighted by molar-refractivity contribution is 0.0944. The Morgan fingerprint density at radius 1 is 1.35 bits per heavy atom. The molecular weight excluding hydrogens is 234 g/mol. The van der Waals surface area contributed by atoms with Crippen LogP contribution in [-0.2, 0) is 6.42 Å². The van der Waals surface area contributed by atoms with Crippen LogP contribution in [0.4, 0.5) is 5.13 Å². The van der Waals surface area contributed by atoms with Gasteiger partial charge in [0, 0.05) is 29.9 Å². The van der Waals surface area contributed by atoms with Crippen LogP contribution < -0.4 is 5.32 Å². The van der Waals surface area contributed by atoms with Gasteiger partial charge in [0.15, 0.2) is 0 Å². The average molecular weight is 255 g/mol. The summed E-state index contributed by atoms with van der Waals surface area (Å²) < 4.78 is 4.25. The zero-order valence-corrected chi connectivity index (χ0v) is 11.2. The van der Waals surface area contributed by atoms with Crippen LogP contribution in [0.5, 0.6) is 0 Å². The number of aryl methyl sites for hydroxylation is 1. The summed E-state index contributed by atoms with van der Waals surface area (Å²) in [6.45, 7) is 3.16. The summed E-state index contributed by atoms with van der Waals surface area (Å²) in [6, 6.07) is 0. The van der Waals surface area contributed by atoms with E-state index in [0.29, 0.717) is 0 Å². The zero-order chi connectivity index (χ0) is 12.1. The Bertz CT molecular complexity index is 347. The van der Waals surface area contributed by atoms with Crippen molar-refractivity contribution in [1.29, 1.82) is 0 Å². The van der Waals surface area contributed by atoms with Gasteiger partial charge in [-0.15, -0.1) is 0 Å². The molecule has 0 aromatic carbocycles. The third kappa shape index (κ3) is 3.16. The van der Waals surface area contributed by atoms with E-state index in [4.69, 9.17) is 0 Å². The second-order valence-corrected chi connectivity index (χ2v) is 5.69. The quantitative estimate of drug-likeness (QED) is 0.848. The predicted octanol–water partition coefficient (Wildman–Crippen LogP) is 2.46. The Morgan fingerprint density at radius 3 is 2.71 bits per heavy atom. The molecule has 96 valence electrons. The van der Waals surface area contributed by atoms with Crippen molar-refractivity contribution in [3.63, 3.8) is 0 Å². The van der Waals surface area contributed by atoms with Gasteiger partial charge in [0.05, 0.1) is 6.61 Å². The highest BCUT2D eigenvalue weighted by Crippen LogP contribution is 2.36. The van der Waals surface area contributed by atoms with Crippen LogP contribution in [-0.4, -0.2) is 27.6 Å². The first kappa shape index (κ1) is 12.8. The molecule has 0 radical (unpaired) electrons. The Morgan fingerprint density at radius 2 is 2.12 bits per heavy atom. The Hall–Kier alpha value is -0.680. The van der Waals surface area contributed by atoms with Gasteiger partial charge >= 0.3 is 0 Å². The van der Waals surface area contributed by atoms with Crippen LogP contribution in [0.2, 0.25) is 0 Å². The lowest BCUT2D eigenvalue weighted by Gasteiger charge is -2.35. The molecule has 0 spiro atoms. The van der Waals surface area contributed by atoms with E-state index < -0.39 is 0 Å². The van der Waals surface area contributed by atoms with E-state index in [9.17, 15) is 5.11 Å². The van der Waals surface area contributed by atoms with Crippen molar-refractivity contribution < 1.29 is 5.11 Å². The third-order valence-electron chi connectivity index (χ3n) is 3.65. The molecule has 1 heterocycles. The highest BCUT2D eigenvalue weighted by molar-refractivity contribution is 7.09. The number of nitrogens with one attached hydrogen (secondary N) is 1. The lowest BCUT2D eigenvalue weighted by atomic mass is 9.74. The van der Waals surface area contributed by atoms with Crippen LogP contribution >= 0.6 is 11.5 Å². The van der Waals surface area contributed by atoms with Crippen LogP contribution in [0.25, 0.3) is 0 Å². The van der Waals surface area contributed by atoms with Gasteiger partial charge in [-0.3, -0.25) is 0 Å². The molecule has 1 saturated carbocycles. The van der Waals surface area contributed by atoms with Crippen molar-refractivity contribution in [2.75, 3.05) is 18.5 Å². The number of hydrogen-bond acceptors (Lipinski definition) is 5. The summed E-state index contributed by atoms with van der Waals surface area (Å²) in [7, 11) is 0. The van der Waals surface area contributed by atoms with E-state index in [-0.39, 0.29) is 12.0 Å². The highest BCUT2D eigenvalue weighted by atomic mass is 32.1. The number of aliphatic hydroxyl groups excluding tert-OH is 1. The molecule has 0 aliphatic heterocycles. The number of nitrogens with zero attached hydrogens (tertiary/aromatic N) is 2. The monoisotopic (exact) mass is 255 g/mol. The summed E-state index contributed by atoms with van der Waals surface area (Å²) >= 11 is 1.42. The summed E-state index contributed by atoms with van der Waals surface area (Å²) in [6.07, 6.45) is 6.90. The van der Waals surface area contributed by atoms with Gasteiger partial charge in [0.25, 0.3) is 0 Å². The molecule has 0 unspecified atom stereocenters. The Labute approximate surface area is 107 Å². The van der Waals surface area contributed by atoms with Crippen LogP contribution in [0.3, 0.4) is 0 Å². The van der Waals surface area contributed by atoms with Gasteiger partial charge in [-0.2, -0.15) is 4.37 Å². The fourth-order valence-corrected chi connectivity index (χ4v) is 3.07. The highest BCUT2D eigenvalue weighted by Gasteiger charge is 2.31. The molecule has 0 amide bonds. The molecule has 0 saturated heterocycles. The van der Waals surface area contributed by atoms with E-state index in [0.717, 1.165) is 36.8 Å². The van der Waals surface area contributed by atoms with Gasteiger partial charge in [0.2, 0.25) is 5.13 Å². The number of aromatic nitrogens is 2. The van der Waals surface area contributed by atoms with Gasteiger partial charge in [-0.1, -0.05) is 26.2 Å². The van der Waals surface area contributed by atoms with Gasteiger partial charge in [-0.05, 0) is 12.8 Å². The molecule has 1 aliphatic rings. The van der Waals surface area contributed by atoms with Crippen molar-refractivity contribution in [2.24, 2.45) is 5.41 Å². The van der Waals surface area contributed by atoms with E-state index >= 15 is 0 Å².